The maximum absolute atomic E-state index is 12.4. The molecule has 2 rings (SSSR count). The number of benzene rings is 1. The van der Waals surface area contributed by atoms with E-state index < -0.39 is 16.0 Å². The van der Waals surface area contributed by atoms with Crippen LogP contribution in [0.3, 0.4) is 0 Å². The summed E-state index contributed by atoms with van der Waals surface area (Å²) in [4.78, 5) is 11.0. The van der Waals surface area contributed by atoms with E-state index in [1.807, 2.05) is 19.1 Å². The molecule has 0 saturated heterocycles. The van der Waals surface area contributed by atoms with E-state index in [1.165, 1.54) is 0 Å². The van der Waals surface area contributed by atoms with Gasteiger partial charge < -0.3 is 5.11 Å². The molecule has 0 radical (unpaired) electrons. The maximum Gasteiger partial charge on any atom is 0.347 e. The summed E-state index contributed by atoms with van der Waals surface area (Å²) in [6.45, 7) is 2.08. The van der Waals surface area contributed by atoms with Crippen LogP contribution in [-0.2, 0) is 10.0 Å². The van der Waals surface area contributed by atoms with Crippen LogP contribution in [-0.4, -0.2) is 26.0 Å². The van der Waals surface area contributed by atoms with Gasteiger partial charge in [-0.15, -0.1) is 11.3 Å². The number of carbonyl (C=O) groups is 1. The summed E-state index contributed by atoms with van der Waals surface area (Å²) < 4.78 is 27.9. The zero-order valence-corrected chi connectivity index (χ0v) is 13.0. The molecule has 0 unspecified atom stereocenters. The Morgan fingerprint density at radius 1 is 1.38 bits per heavy atom. The number of allylic oxidation sites excluding steroid dienone is 1. The average Bonchev–Trinajstić information content (AvgIpc) is 2.84. The molecule has 0 aliphatic rings. The first-order chi connectivity index (χ1) is 9.97. The number of rotatable bonds is 6. The lowest BCUT2D eigenvalue weighted by atomic mass is 10.2. The van der Waals surface area contributed by atoms with E-state index in [9.17, 15) is 18.3 Å². The van der Waals surface area contributed by atoms with Crippen LogP contribution in [0.2, 0.25) is 0 Å². The lowest BCUT2D eigenvalue weighted by Crippen LogP contribution is -2.25. The second-order valence-corrected chi connectivity index (χ2v) is 7.07. The minimum Gasteiger partial charge on any atom is -0.477 e. The zero-order chi connectivity index (χ0) is 15.5. The predicted octanol–water partition coefficient (Wildman–Crippen LogP) is 2.84. The SMILES string of the molecule is C/C=C/CCNS(=O)(=O)c1c(C(=O)O)sc2ccccc12. The van der Waals surface area contributed by atoms with Gasteiger partial charge in [0.25, 0.3) is 0 Å². The van der Waals surface area contributed by atoms with Crippen LogP contribution in [0.5, 0.6) is 0 Å². The minimum atomic E-state index is -3.85. The van der Waals surface area contributed by atoms with Crippen molar-refractivity contribution in [3.05, 3.63) is 41.3 Å². The molecular weight excluding hydrogens is 310 g/mol. The van der Waals surface area contributed by atoms with E-state index in [0.717, 1.165) is 11.3 Å². The summed E-state index contributed by atoms with van der Waals surface area (Å²) in [5, 5.41) is 9.69. The van der Waals surface area contributed by atoms with Crippen molar-refractivity contribution in [1.29, 1.82) is 0 Å². The van der Waals surface area contributed by atoms with E-state index in [2.05, 4.69) is 4.72 Å². The molecule has 7 heteroatoms. The van der Waals surface area contributed by atoms with Crippen LogP contribution in [0.4, 0.5) is 0 Å². The number of fused-ring (bicyclic) bond motifs is 1. The van der Waals surface area contributed by atoms with Crippen molar-refractivity contribution in [3.8, 4) is 0 Å². The molecule has 1 aromatic heterocycles. The van der Waals surface area contributed by atoms with Gasteiger partial charge in [-0.25, -0.2) is 17.9 Å². The molecule has 21 heavy (non-hydrogen) atoms. The molecule has 112 valence electrons. The molecule has 0 fully saturated rings. The van der Waals surface area contributed by atoms with Crippen LogP contribution in [0, 0.1) is 0 Å². The summed E-state index contributed by atoms with van der Waals surface area (Å²) in [6, 6.07) is 6.78. The first kappa shape index (κ1) is 15.7. The van der Waals surface area contributed by atoms with Crippen LogP contribution in [0.25, 0.3) is 10.1 Å². The van der Waals surface area contributed by atoms with E-state index in [0.29, 0.717) is 16.5 Å². The fraction of sp³-hybridized carbons (Fsp3) is 0.214. The summed E-state index contributed by atoms with van der Waals surface area (Å²) >= 11 is 0.970. The van der Waals surface area contributed by atoms with E-state index >= 15 is 0 Å². The van der Waals surface area contributed by atoms with Gasteiger partial charge in [-0.1, -0.05) is 30.4 Å². The molecule has 2 aromatic rings. The molecule has 0 atom stereocenters. The van der Waals surface area contributed by atoms with E-state index in [-0.39, 0.29) is 16.3 Å². The second kappa shape index (κ2) is 6.38. The van der Waals surface area contributed by atoms with Gasteiger partial charge in [0.15, 0.2) is 0 Å². The highest BCUT2D eigenvalue weighted by atomic mass is 32.2. The van der Waals surface area contributed by atoms with Crippen molar-refractivity contribution in [1.82, 2.24) is 4.72 Å². The smallest absolute Gasteiger partial charge is 0.347 e. The number of nitrogens with one attached hydrogen (secondary N) is 1. The Balaban J connectivity index is 2.48. The largest absolute Gasteiger partial charge is 0.477 e. The molecule has 1 aromatic carbocycles. The molecule has 0 bridgehead atoms. The lowest BCUT2D eigenvalue weighted by Gasteiger charge is -2.06. The Hall–Kier alpha value is -1.70. The van der Waals surface area contributed by atoms with Gasteiger partial charge >= 0.3 is 5.97 Å². The fourth-order valence-corrected chi connectivity index (χ4v) is 4.73. The molecular formula is C14H15NO4S2. The zero-order valence-electron chi connectivity index (χ0n) is 11.4. The Morgan fingerprint density at radius 2 is 2.10 bits per heavy atom. The topological polar surface area (TPSA) is 83.5 Å². The fourth-order valence-electron chi connectivity index (χ4n) is 1.94. The summed E-state index contributed by atoms with van der Waals surface area (Å²) in [6.07, 6.45) is 4.23. The third-order valence-electron chi connectivity index (χ3n) is 2.85. The van der Waals surface area contributed by atoms with Crippen molar-refractivity contribution in [3.63, 3.8) is 0 Å². The number of sulfonamides is 1. The Bertz CT molecular complexity index is 790. The van der Waals surface area contributed by atoms with Gasteiger partial charge in [-0.3, -0.25) is 0 Å². The van der Waals surface area contributed by atoms with Gasteiger partial charge in [0.2, 0.25) is 10.0 Å². The predicted molar refractivity (Wildman–Crippen MR) is 83.4 cm³/mol. The third-order valence-corrected chi connectivity index (χ3v) is 5.69. The van der Waals surface area contributed by atoms with Crippen molar-refractivity contribution in [2.75, 3.05) is 6.54 Å². The lowest BCUT2D eigenvalue weighted by molar-refractivity contribution is 0.0698. The van der Waals surface area contributed by atoms with Gasteiger partial charge in [0.1, 0.15) is 9.77 Å². The van der Waals surface area contributed by atoms with Crippen LogP contribution in [0.15, 0.2) is 41.3 Å². The summed E-state index contributed by atoms with van der Waals surface area (Å²) in [5.41, 5.74) is 0. The number of hydrogen-bond donors (Lipinski definition) is 2. The van der Waals surface area contributed by atoms with Gasteiger partial charge in [-0.2, -0.15) is 0 Å². The Morgan fingerprint density at radius 3 is 2.76 bits per heavy atom. The molecule has 0 aliphatic heterocycles. The van der Waals surface area contributed by atoms with Crippen molar-refractivity contribution < 1.29 is 18.3 Å². The van der Waals surface area contributed by atoms with E-state index in [1.54, 1.807) is 24.3 Å². The first-order valence-corrected chi connectivity index (χ1v) is 8.63. The molecule has 0 amide bonds. The normalized spacial score (nSPS) is 12.2. The van der Waals surface area contributed by atoms with Gasteiger partial charge in [0.05, 0.1) is 0 Å². The number of carboxylic acids is 1. The monoisotopic (exact) mass is 325 g/mol. The third kappa shape index (κ3) is 3.31. The van der Waals surface area contributed by atoms with Gasteiger partial charge in [0, 0.05) is 16.6 Å². The van der Waals surface area contributed by atoms with Crippen molar-refractivity contribution >= 4 is 37.4 Å². The minimum absolute atomic E-state index is 0.143. The van der Waals surface area contributed by atoms with Crippen molar-refractivity contribution in [2.45, 2.75) is 18.2 Å². The quantitative estimate of drug-likeness (QED) is 0.632. The summed E-state index contributed by atoms with van der Waals surface area (Å²) in [5.74, 6) is -1.23. The second-order valence-electron chi connectivity index (χ2n) is 4.32. The number of aromatic carboxylic acids is 1. The molecule has 2 N–H and O–H groups in total. The van der Waals surface area contributed by atoms with Crippen LogP contribution in [0.1, 0.15) is 23.0 Å². The van der Waals surface area contributed by atoms with Gasteiger partial charge in [-0.05, 0) is 19.4 Å². The molecule has 0 saturated carbocycles. The maximum atomic E-state index is 12.4. The van der Waals surface area contributed by atoms with E-state index in [4.69, 9.17) is 0 Å². The molecule has 1 heterocycles. The number of thiophene rings is 1. The van der Waals surface area contributed by atoms with Crippen LogP contribution >= 0.6 is 11.3 Å². The van der Waals surface area contributed by atoms with Crippen molar-refractivity contribution in [2.24, 2.45) is 0 Å². The number of hydrogen-bond acceptors (Lipinski definition) is 4. The molecule has 0 aliphatic carbocycles. The summed E-state index contributed by atoms with van der Waals surface area (Å²) in [7, 11) is -3.85. The Kier molecular flexibility index (Phi) is 4.76. The first-order valence-electron chi connectivity index (χ1n) is 6.33. The highest BCUT2D eigenvalue weighted by molar-refractivity contribution is 7.90. The number of carboxylic acid groups (broad SMARTS) is 1. The highest BCUT2D eigenvalue weighted by Crippen LogP contribution is 2.34. The highest BCUT2D eigenvalue weighted by Gasteiger charge is 2.27. The average molecular weight is 325 g/mol. The molecule has 0 spiro atoms. The van der Waals surface area contributed by atoms with Crippen LogP contribution < -0.4 is 4.72 Å². The molecule has 5 nitrogen and oxygen atoms in total. The standard InChI is InChI=1S/C14H15NO4S2/c1-2-3-6-9-15-21(18,19)13-10-7-4-5-8-11(10)20-12(13)14(16)17/h2-5,7-8,15H,6,9H2,1H3,(H,16,17)/b3-2+. The Labute approximate surface area is 127 Å².